The molecule has 0 unspecified atom stereocenters. The summed E-state index contributed by atoms with van der Waals surface area (Å²) in [6, 6.07) is 5.31. The maximum atomic E-state index is 13.2. The number of ether oxygens (including phenoxy) is 2. The van der Waals surface area contributed by atoms with Gasteiger partial charge in [-0.1, -0.05) is 19.3 Å². The SMILES string of the molecule is CCOc1cc(C(=O)N2CCC(NC(=O)C3CCCCC3)CC2)ccc1OCC(=O)N1CCCCC1. The second-order valence-electron chi connectivity index (χ2n) is 10.2. The fourth-order valence-electron chi connectivity index (χ4n) is 5.50. The maximum Gasteiger partial charge on any atom is 0.260 e. The normalized spacial score (nSPS) is 19.6. The first-order valence-corrected chi connectivity index (χ1v) is 13.8. The topological polar surface area (TPSA) is 88.2 Å². The summed E-state index contributed by atoms with van der Waals surface area (Å²) in [5.74, 6) is 1.23. The van der Waals surface area contributed by atoms with Crippen LogP contribution < -0.4 is 14.8 Å². The predicted octanol–water partition coefficient (Wildman–Crippen LogP) is 3.78. The van der Waals surface area contributed by atoms with Crippen LogP contribution in [0.5, 0.6) is 11.5 Å². The predicted molar refractivity (Wildman–Crippen MR) is 137 cm³/mol. The van der Waals surface area contributed by atoms with E-state index in [2.05, 4.69) is 5.32 Å². The minimum absolute atomic E-state index is 0.0178. The molecule has 1 N–H and O–H groups in total. The molecule has 0 atom stereocenters. The van der Waals surface area contributed by atoms with Gasteiger partial charge in [0.05, 0.1) is 6.61 Å². The first kappa shape index (κ1) is 26.3. The number of amides is 3. The lowest BCUT2D eigenvalue weighted by molar-refractivity contribution is -0.134. The van der Waals surface area contributed by atoms with Crippen LogP contribution in [0.25, 0.3) is 0 Å². The van der Waals surface area contributed by atoms with E-state index in [0.29, 0.717) is 36.8 Å². The molecule has 2 aliphatic heterocycles. The molecule has 8 nitrogen and oxygen atoms in total. The molecule has 36 heavy (non-hydrogen) atoms. The standard InChI is InChI=1S/C28H41N3O5/c1-2-35-25-19-22(11-12-24(25)36-20-26(32)30-15-7-4-8-16-30)28(34)31-17-13-23(14-18-31)29-27(33)21-9-5-3-6-10-21/h11-12,19,21,23H,2-10,13-18,20H2,1H3,(H,29,33). The summed E-state index contributed by atoms with van der Waals surface area (Å²) in [6.45, 7) is 5.07. The van der Waals surface area contributed by atoms with Crippen molar-refractivity contribution in [2.75, 3.05) is 39.4 Å². The fourth-order valence-corrected chi connectivity index (χ4v) is 5.50. The van der Waals surface area contributed by atoms with E-state index in [1.54, 1.807) is 18.2 Å². The minimum Gasteiger partial charge on any atom is -0.490 e. The van der Waals surface area contributed by atoms with Crippen molar-refractivity contribution in [2.45, 2.75) is 77.2 Å². The summed E-state index contributed by atoms with van der Waals surface area (Å²) in [6.07, 6.45) is 10.3. The van der Waals surface area contributed by atoms with Crippen LogP contribution in [0.4, 0.5) is 0 Å². The molecule has 0 bridgehead atoms. The number of likely N-dealkylation sites (tertiary alicyclic amines) is 2. The highest BCUT2D eigenvalue weighted by Gasteiger charge is 2.28. The molecule has 1 aromatic rings. The molecular weight excluding hydrogens is 458 g/mol. The first-order chi connectivity index (χ1) is 17.5. The Labute approximate surface area is 214 Å². The van der Waals surface area contributed by atoms with Crippen LogP contribution in [0.1, 0.15) is 81.5 Å². The van der Waals surface area contributed by atoms with E-state index in [1.165, 1.54) is 12.8 Å². The van der Waals surface area contributed by atoms with Crippen molar-refractivity contribution in [3.05, 3.63) is 23.8 Å². The van der Waals surface area contributed by atoms with E-state index in [9.17, 15) is 14.4 Å². The van der Waals surface area contributed by atoms with E-state index < -0.39 is 0 Å². The van der Waals surface area contributed by atoms with E-state index in [1.807, 2.05) is 16.7 Å². The van der Waals surface area contributed by atoms with Gasteiger partial charge >= 0.3 is 0 Å². The third-order valence-corrected chi connectivity index (χ3v) is 7.65. The van der Waals surface area contributed by atoms with E-state index in [-0.39, 0.29) is 36.3 Å². The summed E-state index contributed by atoms with van der Waals surface area (Å²) in [7, 11) is 0. The first-order valence-electron chi connectivity index (χ1n) is 13.8. The summed E-state index contributed by atoms with van der Waals surface area (Å²) >= 11 is 0. The molecule has 0 radical (unpaired) electrons. The van der Waals surface area contributed by atoms with Crippen molar-refractivity contribution < 1.29 is 23.9 Å². The van der Waals surface area contributed by atoms with Crippen molar-refractivity contribution in [1.82, 2.24) is 15.1 Å². The smallest absolute Gasteiger partial charge is 0.260 e. The lowest BCUT2D eigenvalue weighted by atomic mass is 9.88. The van der Waals surface area contributed by atoms with Gasteiger partial charge in [0.25, 0.3) is 11.8 Å². The van der Waals surface area contributed by atoms with Gasteiger partial charge in [0.1, 0.15) is 0 Å². The van der Waals surface area contributed by atoms with Crippen LogP contribution in [0.3, 0.4) is 0 Å². The third-order valence-electron chi connectivity index (χ3n) is 7.65. The zero-order valence-corrected chi connectivity index (χ0v) is 21.6. The number of nitrogens with zero attached hydrogens (tertiary/aromatic N) is 2. The molecule has 0 spiro atoms. The Morgan fingerprint density at radius 1 is 0.833 bits per heavy atom. The van der Waals surface area contributed by atoms with Crippen molar-refractivity contribution >= 4 is 17.7 Å². The largest absolute Gasteiger partial charge is 0.490 e. The van der Waals surface area contributed by atoms with Gasteiger partial charge in [0.15, 0.2) is 18.1 Å². The van der Waals surface area contributed by atoms with Crippen molar-refractivity contribution in [3.8, 4) is 11.5 Å². The van der Waals surface area contributed by atoms with Gasteiger partial charge in [-0.2, -0.15) is 0 Å². The van der Waals surface area contributed by atoms with E-state index in [4.69, 9.17) is 9.47 Å². The summed E-state index contributed by atoms with van der Waals surface area (Å²) in [4.78, 5) is 41.9. The van der Waals surface area contributed by atoms with E-state index in [0.717, 1.165) is 64.5 Å². The summed E-state index contributed by atoms with van der Waals surface area (Å²) in [5, 5.41) is 3.22. The average molecular weight is 500 g/mol. The van der Waals surface area contributed by atoms with E-state index >= 15 is 0 Å². The summed E-state index contributed by atoms with van der Waals surface area (Å²) < 4.78 is 11.5. The number of rotatable bonds is 8. The van der Waals surface area contributed by atoms with Gasteiger partial charge in [-0.25, -0.2) is 0 Å². The Hall–Kier alpha value is -2.77. The molecule has 1 aliphatic carbocycles. The summed E-state index contributed by atoms with van der Waals surface area (Å²) in [5.41, 5.74) is 0.540. The molecule has 3 aliphatic rings. The van der Waals surface area contributed by atoms with Crippen LogP contribution >= 0.6 is 0 Å². The average Bonchev–Trinajstić information content (AvgIpc) is 2.93. The van der Waals surface area contributed by atoms with Crippen LogP contribution in [-0.4, -0.2) is 73.0 Å². The molecule has 3 fully saturated rings. The van der Waals surface area contributed by atoms with Gasteiger partial charge < -0.3 is 24.6 Å². The maximum absolute atomic E-state index is 13.2. The highest BCUT2D eigenvalue weighted by atomic mass is 16.5. The van der Waals surface area contributed by atoms with Gasteiger partial charge in [-0.3, -0.25) is 14.4 Å². The van der Waals surface area contributed by atoms with Crippen LogP contribution in [0, 0.1) is 5.92 Å². The Balaban J connectivity index is 1.29. The molecule has 198 valence electrons. The minimum atomic E-state index is -0.0519. The molecule has 8 heteroatoms. The van der Waals surface area contributed by atoms with Crippen molar-refractivity contribution in [2.24, 2.45) is 5.92 Å². The molecule has 2 heterocycles. The van der Waals surface area contributed by atoms with Crippen molar-refractivity contribution in [1.29, 1.82) is 0 Å². The number of carbonyl (C=O) groups excluding carboxylic acids is 3. The Morgan fingerprint density at radius 3 is 2.22 bits per heavy atom. The Bertz CT molecular complexity index is 900. The lowest BCUT2D eigenvalue weighted by Crippen LogP contribution is -2.48. The molecule has 3 amide bonds. The number of nitrogens with one attached hydrogen (secondary N) is 1. The Morgan fingerprint density at radius 2 is 1.53 bits per heavy atom. The molecule has 0 aromatic heterocycles. The second-order valence-corrected chi connectivity index (χ2v) is 10.2. The Kier molecular flexibility index (Phi) is 9.47. The van der Waals surface area contributed by atoms with Crippen LogP contribution in [0.15, 0.2) is 18.2 Å². The third kappa shape index (κ3) is 6.92. The lowest BCUT2D eigenvalue weighted by Gasteiger charge is -2.33. The van der Waals surface area contributed by atoms with Gasteiger partial charge in [-0.15, -0.1) is 0 Å². The number of carbonyl (C=O) groups is 3. The highest BCUT2D eigenvalue weighted by molar-refractivity contribution is 5.95. The molecule has 1 saturated carbocycles. The van der Waals surface area contributed by atoms with Gasteiger partial charge in [0, 0.05) is 43.7 Å². The monoisotopic (exact) mass is 499 g/mol. The van der Waals surface area contributed by atoms with Crippen molar-refractivity contribution in [3.63, 3.8) is 0 Å². The number of piperidine rings is 2. The number of hydrogen-bond acceptors (Lipinski definition) is 5. The molecular formula is C28H41N3O5. The van der Waals surface area contributed by atoms with Crippen LogP contribution in [-0.2, 0) is 9.59 Å². The molecule has 4 rings (SSSR count). The zero-order valence-electron chi connectivity index (χ0n) is 21.6. The zero-order chi connectivity index (χ0) is 25.3. The fraction of sp³-hybridized carbons (Fsp3) is 0.679. The molecule has 2 saturated heterocycles. The number of hydrogen-bond donors (Lipinski definition) is 1. The van der Waals surface area contributed by atoms with Gasteiger partial charge in [0.2, 0.25) is 5.91 Å². The quantitative estimate of drug-likeness (QED) is 0.588. The number of benzene rings is 1. The second kappa shape index (κ2) is 13.0. The van der Waals surface area contributed by atoms with Crippen LogP contribution in [0.2, 0.25) is 0 Å². The van der Waals surface area contributed by atoms with Gasteiger partial charge in [-0.05, 0) is 70.1 Å². The highest BCUT2D eigenvalue weighted by Crippen LogP contribution is 2.30. The molecule has 1 aromatic carbocycles.